The van der Waals surface area contributed by atoms with E-state index < -0.39 is 0 Å². The van der Waals surface area contributed by atoms with Gasteiger partial charge in [-0.15, -0.1) is 0 Å². The van der Waals surface area contributed by atoms with Gasteiger partial charge in [-0.3, -0.25) is 9.59 Å². The normalized spacial score (nSPS) is 12.3. The third-order valence-corrected chi connectivity index (χ3v) is 8.02. The molecule has 0 fully saturated rings. The summed E-state index contributed by atoms with van der Waals surface area (Å²) in [5.74, 6) is -0.00275. The smallest absolute Gasteiger partial charge is 0.267 e. The van der Waals surface area contributed by atoms with Crippen LogP contribution in [0.1, 0.15) is 48.8 Å². The van der Waals surface area contributed by atoms with Crippen LogP contribution in [0.2, 0.25) is 0 Å². The van der Waals surface area contributed by atoms with Gasteiger partial charge in [-0.1, -0.05) is 60.7 Å². The summed E-state index contributed by atoms with van der Waals surface area (Å²) in [6.45, 7) is 5.47. The Morgan fingerprint density at radius 3 is 2.31 bits per heavy atom. The molecule has 0 aliphatic carbocycles. The van der Waals surface area contributed by atoms with E-state index in [0.29, 0.717) is 37.3 Å². The standard InChI is InChI=1S/C36H33N3O3/c1-24-7-3-5-9-31(24)32-17-13-27(21-25(32)2)36(42)39-23-29-14-18-34(38(29)22-28-8-4-6-10-33(28)39)35(41)37-20-19-26-11-15-30(40)16-12-26/h3-18,21,40H,19-20,22-23H2,1-2H3,(H,37,41). The highest BCUT2D eigenvalue weighted by Gasteiger charge is 2.27. The molecule has 2 N–H and O–H groups in total. The number of benzene rings is 4. The van der Waals surface area contributed by atoms with Crippen molar-refractivity contribution in [3.05, 3.63) is 142 Å². The minimum atomic E-state index is -0.153. The zero-order valence-electron chi connectivity index (χ0n) is 23.8. The van der Waals surface area contributed by atoms with Gasteiger partial charge in [-0.25, -0.2) is 0 Å². The van der Waals surface area contributed by atoms with E-state index in [1.165, 1.54) is 11.1 Å². The number of fused-ring (bicyclic) bond motifs is 2. The van der Waals surface area contributed by atoms with Gasteiger partial charge in [0.2, 0.25) is 0 Å². The number of aromatic hydroxyl groups is 1. The summed E-state index contributed by atoms with van der Waals surface area (Å²) >= 11 is 0. The first kappa shape index (κ1) is 27.1. The molecular weight excluding hydrogens is 522 g/mol. The Bertz CT molecular complexity index is 1790. The quantitative estimate of drug-likeness (QED) is 0.246. The van der Waals surface area contributed by atoms with Crippen LogP contribution in [-0.4, -0.2) is 28.0 Å². The minimum Gasteiger partial charge on any atom is -0.508 e. The number of aromatic nitrogens is 1. The zero-order valence-corrected chi connectivity index (χ0v) is 23.8. The van der Waals surface area contributed by atoms with Gasteiger partial charge in [-0.2, -0.15) is 0 Å². The first-order valence-electron chi connectivity index (χ1n) is 14.2. The van der Waals surface area contributed by atoms with Crippen LogP contribution in [-0.2, 0) is 19.5 Å². The molecule has 6 nitrogen and oxygen atoms in total. The summed E-state index contributed by atoms with van der Waals surface area (Å²) in [5, 5.41) is 12.5. The first-order chi connectivity index (χ1) is 20.4. The predicted molar refractivity (Wildman–Crippen MR) is 166 cm³/mol. The molecule has 6 rings (SSSR count). The Kier molecular flexibility index (Phi) is 7.36. The maximum Gasteiger partial charge on any atom is 0.267 e. The molecule has 0 saturated carbocycles. The van der Waals surface area contributed by atoms with Gasteiger partial charge in [0, 0.05) is 23.5 Å². The second kappa shape index (κ2) is 11.4. The van der Waals surface area contributed by atoms with Gasteiger partial charge in [-0.05, 0) is 96.1 Å². The third kappa shape index (κ3) is 5.31. The fourth-order valence-corrected chi connectivity index (χ4v) is 5.74. The fraction of sp³-hybridized carbons (Fsp3) is 0.167. The van der Waals surface area contributed by atoms with E-state index in [4.69, 9.17) is 0 Å². The topological polar surface area (TPSA) is 74.6 Å². The molecule has 1 aliphatic heterocycles. The lowest BCUT2D eigenvalue weighted by atomic mass is 9.95. The molecule has 1 aromatic heterocycles. The van der Waals surface area contributed by atoms with Crippen molar-refractivity contribution in [3.8, 4) is 16.9 Å². The number of rotatable bonds is 6. The van der Waals surface area contributed by atoms with Crippen molar-refractivity contribution in [2.75, 3.05) is 11.4 Å². The number of anilines is 1. The number of para-hydroxylation sites is 1. The molecule has 0 saturated heterocycles. The van der Waals surface area contributed by atoms with Crippen LogP contribution in [0, 0.1) is 13.8 Å². The average Bonchev–Trinajstić information content (AvgIpc) is 3.31. The van der Waals surface area contributed by atoms with E-state index in [-0.39, 0.29) is 17.6 Å². The van der Waals surface area contributed by atoms with Crippen molar-refractivity contribution in [3.63, 3.8) is 0 Å². The molecule has 0 radical (unpaired) electrons. The van der Waals surface area contributed by atoms with Crippen LogP contribution >= 0.6 is 0 Å². The Labute approximate surface area is 245 Å². The zero-order chi connectivity index (χ0) is 29.2. The monoisotopic (exact) mass is 555 g/mol. The van der Waals surface area contributed by atoms with Gasteiger partial charge in [0.25, 0.3) is 11.8 Å². The second-order valence-corrected chi connectivity index (χ2v) is 10.8. The fourth-order valence-electron chi connectivity index (χ4n) is 5.74. The number of amides is 2. The van der Waals surface area contributed by atoms with E-state index in [1.807, 2.05) is 95.3 Å². The van der Waals surface area contributed by atoms with E-state index in [1.54, 1.807) is 12.1 Å². The van der Waals surface area contributed by atoms with Crippen LogP contribution in [0.4, 0.5) is 5.69 Å². The molecule has 6 heteroatoms. The molecule has 2 heterocycles. The molecule has 0 bridgehead atoms. The highest BCUT2D eigenvalue weighted by atomic mass is 16.3. The van der Waals surface area contributed by atoms with Crippen LogP contribution in [0.3, 0.4) is 0 Å². The van der Waals surface area contributed by atoms with Gasteiger partial charge >= 0.3 is 0 Å². The summed E-state index contributed by atoms with van der Waals surface area (Å²) < 4.78 is 2.01. The van der Waals surface area contributed by atoms with Crippen molar-refractivity contribution in [2.24, 2.45) is 0 Å². The Morgan fingerprint density at radius 2 is 1.52 bits per heavy atom. The Morgan fingerprint density at radius 1 is 0.786 bits per heavy atom. The molecule has 1 aliphatic rings. The number of nitrogens with one attached hydrogen (secondary N) is 1. The van der Waals surface area contributed by atoms with Crippen LogP contribution in [0.15, 0.2) is 103 Å². The summed E-state index contributed by atoms with van der Waals surface area (Å²) in [6, 6.07) is 32.9. The lowest BCUT2D eigenvalue weighted by Gasteiger charge is -2.23. The molecule has 5 aromatic rings. The van der Waals surface area contributed by atoms with Gasteiger partial charge in [0.1, 0.15) is 11.4 Å². The van der Waals surface area contributed by atoms with Crippen LogP contribution in [0.5, 0.6) is 5.75 Å². The molecular formula is C36H33N3O3. The third-order valence-electron chi connectivity index (χ3n) is 8.02. The number of carbonyl (C=O) groups is 2. The van der Waals surface area contributed by atoms with Gasteiger partial charge in [0.15, 0.2) is 0 Å². The van der Waals surface area contributed by atoms with E-state index >= 15 is 0 Å². The molecule has 42 heavy (non-hydrogen) atoms. The highest BCUT2D eigenvalue weighted by Crippen LogP contribution is 2.32. The number of aryl methyl sites for hydroxylation is 2. The number of nitrogens with zero attached hydrogens (tertiary/aromatic N) is 2. The number of phenols is 1. The highest BCUT2D eigenvalue weighted by molar-refractivity contribution is 6.07. The summed E-state index contributed by atoms with van der Waals surface area (Å²) in [5.41, 5.74) is 9.50. The molecule has 0 atom stereocenters. The average molecular weight is 556 g/mol. The van der Waals surface area contributed by atoms with Crippen molar-refractivity contribution in [2.45, 2.75) is 33.4 Å². The number of carbonyl (C=O) groups excluding carboxylic acids is 2. The summed E-state index contributed by atoms with van der Waals surface area (Å²) in [4.78, 5) is 29.1. The van der Waals surface area contributed by atoms with Gasteiger partial charge in [0.05, 0.1) is 13.1 Å². The maximum absolute atomic E-state index is 14.1. The second-order valence-electron chi connectivity index (χ2n) is 10.8. The van der Waals surface area contributed by atoms with Crippen molar-refractivity contribution in [1.29, 1.82) is 0 Å². The van der Waals surface area contributed by atoms with E-state index in [2.05, 4.69) is 24.4 Å². The van der Waals surface area contributed by atoms with E-state index in [9.17, 15) is 14.7 Å². The lowest BCUT2D eigenvalue weighted by Crippen LogP contribution is -2.31. The largest absolute Gasteiger partial charge is 0.508 e. The molecule has 0 spiro atoms. The van der Waals surface area contributed by atoms with Crippen molar-refractivity contribution < 1.29 is 14.7 Å². The number of hydrogen-bond acceptors (Lipinski definition) is 3. The maximum atomic E-state index is 14.1. The molecule has 0 unspecified atom stereocenters. The summed E-state index contributed by atoms with van der Waals surface area (Å²) in [6.07, 6.45) is 0.659. The van der Waals surface area contributed by atoms with Crippen LogP contribution < -0.4 is 10.2 Å². The molecule has 4 aromatic carbocycles. The lowest BCUT2D eigenvalue weighted by molar-refractivity contribution is 0.0944. The summed E-state index contributed by atoms with van der Waals surface area (Å²) in [7, 11) is 0. The van der Waals surface area contributed by atoms with Crippen molar-refractivity contribution in [1.82, 2.24) is 9.88 Å². The predicted octanol–water partition coefficient (Wildman–Crippen LogP) is 6.66. The van der Waals surface area contributed by atoms with E-state index in [0.717, 1.165) is 33.6 Å². The SMILES string of the molecule is Cc1ccccc1-c1ccc(C(=O)N2Cc3ccc(C(=O)NCCc4ccc(O)cc4)n3Cc3ccccc32)cc1C. The number of phenolic OH excluding ortho intramolecular Hbond substituents is 1. The van der Waals surface area contributed by atoms with Crippen LogP contribution in [0.25, 0.3) is 11.1 Å². The Hall–Kier alpha value is -5.10. The molecule has 210 valence electrons. The van der Waals surface area contributed by atoms with Crippen molar-refractivity contribution >= 4 is 17.5 Å². The number of hydrogen-bond donors (Lipinski definition) is 2. The Balaban J connectivity index is 1.25. The minimum absolute atomic E-state index is 0.0727. The molecule has 2 amide bonds. The first-order valence-corrected chi connectivity index (χ1v) is 14.2. The van der Waals surface area contributed by atoms with Gasteiger partial charge < -0.3 is 19.9 Å².